The van der Waals surface area contributed by atoms with Crippen molar-refractivity contribution in [3.05, 3.63) is 46.4 Å². The third kappa shape index (κ3) is 2.55. The Kier molecular flexibility index (Phi) is 2.96. The summed E-state index contributed by atoms with van der Waals surface area (Å²) in [6.45, 7) is 0.726. The van der Waals surface area contributed by atoms with E-state index in [9.17, 15) is 0 Å². The average Bonchev–Trinajstić information content (AvgIpc) is 2.80. The molecule has 0 aliphatic rings. The minimum absolute atomic E-state index is 0.676. The van der Waals surface area contributed by atoms with Crippen LogP contribution in [0.3, 0.4) is 0 Å². The molecule has 0 radical (unpaired) electrons. The maximum atomic E-state index is 8.63. The molecule has 1 N–H and O–H groups in total. The summed E-state index contributed by atoms with van der Waals surface area (Å²) in [5.74, 6) is 0. The molecule has 2 rings (SSSR count). The molecule has 15 heavy (non-hydrogen) atoms. The van der Waals surface area contributed by atoms with E-state index in [2.05, 4.69) is 16.4 Å². The van der Waals surface area contributed by atoms with Crippen LogP contribution in [-0.2, 0) is 6.54 Å². The Morgan fingerprint density at radius 2 is 2.13 bits per heavy atom. The van der Waals surface area contributed by atoms with E-state index in [1.165, 1.54) is 0 Å². The molecular weight excluding hydrogens is 206 g/mol. The van der Waals surface area contributed by atoms with Crippen LogP contribution in [0, 0.1) is 11.3 Å². The van der Waals surface area contributed by atoms with Crippen LogP contribution >= 0.6 is 11.3 Å². The van der Waals surface area contributed by atoms with Gasteiger partial charge in [-0.2, -0.15) is 5.26 Å². The fourth-order valence-corrected chi connectivity index (χ4v) is 1.74. The van der Waals surface area contributed by atoms with Crippen LogP contribution in [0.25, 0.3) is 0 Å². The van der Waals surface area contributed by atoms with E-state index in [-0.39, 0.29) is 0 Å². The van der Waals surface area contributed by atoms with Gasteiger partial charge < -0.3 is 5.32 Å². The summed E-state index contributed by atoms with van der Waals surface area (Å²) in [6.07, 6.45) is 1.79. The number of nitrogens with zero attached hydrogens (tertiary/aromatic N) is 2. The van der Waals surface area contributed by atoms with Crippen molar-refractivity contribution in [2.45, 2.75) is 6.54 Å². The first-order valence-corrected chi connectivity index (χ1v) is 5.39. The maximum absolute atomic E-state index is 8.63. The van der Waals surface area contributed by atoms with E-state index >= 15 is 0 Å². The fraction of sp³-hybridized carbons (Fsp3) is 0.0909. The lowest BCUT2D eigenvalue weighted by atomic mass is 10.2. The molecule has 0 saturated heterocycles. The summed E-state index contributed by atoms with van der Waals surface area (Å²) >= 11 is 1.62. The topological polar surface area (TPSA) is 48.7 Å². The van der Waals surface area contributed by atoms with Crippen LogP contribution in [0.4, 0.5) is 5.69 Å². The minimum Gasteiger partial charge on any atom is -0.379 e. The van der Waals surface area contributed by atoms with Gasteiger partial charge in [-0.1, -0.05) is 0 Å². The highest BCUT2D eigenvalue weighted by atomic mass is 32.1. The summed E-state index contributed by atoms with van der Waals surface area (Å²) < 4.78 is 0. The van der Waals surface area contributed by atoms with Crippen molar-refractivity contribution in [1.82, 2.24) is 4.98 Å². The van der Waals surface area contributed by atoms with Crippen LogP contribution in [0.15, 0.2) is 35.8 Å². The molecule has 1 aromatic heterocycles. The molecule has 0 atom stereocenters. The number of aromatic nitrogens is 1. The number of nitrogens with one attached hydrogen (secondary N) is 1. The molecule has 0 unspecified atom stereocenters. The van der Waals surface area contributed by atoms with Gasteiger partial charge in [0.1, 0.15) is 5.01 Å². The highest BCUT2D eigenvalue weighted by molar-refractivity contribution is 7.09. The molecule has 1 heterocycles. The lowest BCUT2D eigenvalue weighted by molar-refractivity contribution is 1.10. The Labute approximate surface area is 92.0 Å². The Bertz CT molecular complexity index is 454. The molecule has 0 fully saturated rings. The van der Waals surface area contributed by atoms with Crippen molar-refractivity contribution >= 4 is 17.0 Å². The molecule has 0 spiro atoms. The SMILES string of the molecule is N#Cc1ccc(NCc2nccs2)cc1. The minimum atomic E-state index is 0.676. The second kappa shape index (κ2) is 4.58. The van der Waals surface area contributed by atoms with E-state index in [4.69, 9.17) is 5.26 Å². The summed E-state index contributed by atoms with van der Waals surface area (Å²) in [7, 11) is 0. The standard InChI is InChI=1S/C11H9N3S/c12-7-9-1-3-10(4-2-9)14-8-11-13-5-6-15-11/h1-6,14H,8H2. The second-order valence-corrected chi connectivity index (χ2v) is 3.95. The molecule has 2 aromatic rings. The van der Waals surface area contributed by atoms with Gasteiger partial charge in [-0.25, -0.2) is 4.98 Å². The molecule has 0 amide bonds. The molecular formula is C11H9N3S. The van der Waals surface area contributed by atoms with Gasteiger partial charge >= 0.3 is 0 Å². The van der Waals surface area contributed by atoms with E-state index in [1.54, 1.807) is 29.7 Å². The van der Waals surface area contributed by atoms with E-state index < -0.39 is 0 Å². The molecule has 0 aliphatic carbocycles. The number of thiazole rings is 1. The number of hydrogen-bond acceptors (Lipinski definition) is 4. The molecule has 0 saturated carbocycles. The lowest BCUT2D eigenvalue weighted by Crippen LogP contribution is -1.98. The van der Waals surface area contributed by atoms with Gasteiger partial charge in [0, 0.05) is 17.3 Å². The molecule has 74 valence electrons. The third-order valence-corrected chi connectivity index (χ3v) is 2.72. The van der Waals surface area contributed by atoms with Crippen LogP contribution in [-0.4, -0.2) is 4.98 Å². The summed E-state index contributed by atoms with van der Waals surface area (Å²) in [5, 5.41) is 14.9. The summed E-state index contributed by atoms with van der Waals surface area (Å²) in [5.41, 5.74) is 1.68. The zero-order valence-corrected chi connectivity index (χ0v) is 8.79. The number of anilines is 1. The van der Waals surface area contributed by atoms with Gasteiger partial charge in [0.05, 0.1) is 18.2 Å². The maximum Gasteiger partial charge on any atom is 0.112 e. The zero-order chi connectivity index (χ0) is 10.5. The van der Waals surface area contributed by atoms with Crippen LogP contribution in [0.1, 0.15) is 10.6 Å². The Balaban J connectivity index is 1.97. The van der Waals surface area contributed by atoms with Crippen molar-refractivity contribution in [3.63, 3.8) is 0 Å². The average molecular weight is 215 g/mol. The molecule has 0 aliphatic heterocycles. The number of rotatable bonds is 3. The first-order valence-electron chi connectivity index (χ1n) is 4.51. The monoisotopic (exact) mass is 215 g/mol. The highest BCUT2D eigenvalue weighted by Crippen LogP contribution is 2.11. The Hall–Kier alpha value is -1.86. The van der Waals surface area contributed by atoms with E-state index in [1.807, 2.05) is 17.5 Å². The van der Waals surface area contributed by atoms with Crippen molar-refractivity contribution in [3.8, 4) is 6.07 Å². The predicted molar refractivity (Wildman–Crippen MR) is 60.6 cm³/mol. The molecule has 1 aromatic carbocycles. The van der Waals surface area contributed by atoms with Crippen molar-refractivity contribution in [1.29, 1.82) is 5.26 Å². The smallest absolute Gasteiger partial charge is 0.112 e. The van der Waals surface area contributed by atoms with Gasteiger partial charge in [0.2, 0.25) is 0 Å². The van der Waals surface area contributed by atoms with Gasteiger partial charge in [0.25, 0.3) is 0 Å². The fourth-order valence-electron chi connectivity index (χ4n) is 1.18. The van der Waals surface area contributed by atoms with Crippen molar-refractivity contribution in [2.75, 3.05) is 5.32 Å². The molecule has 0 bridgehead atoms. The van der Waals surface area contributed by atoms with Crippen LogP contribution in [0.2, 0.25) is 0 Å². The summed E-state index contributed by atoms with van der Waals surface area (Å²) in [6, 6.07) is 9.47. The van der Waals surface area contributed by atoms with Crippen LogP contribution < -0.4 is 5.32 Å². The second-order valence-electron chi connectivity index (χ2n) is 2.97. The van der Waals surface area contributed by atoms with Gasteiger partial charge in [0.15, 0.2) is 0 Å². The predicted octanol–water partition coefficient (Wildman–Crippen LogP) is 2.63. The zero-order valence-electron chi connectivity index (χ0n) is 7.97. The first-order chi connectivity index (χ1) is 7.38. The van der Waals surface area contributed by atoms with Gasteiger partial charge in [-0.05, 0) is 24.3 Å². The largest absolute Gasteiger partial charge is 0.379 e. The Morgan fingerprint density at radius 1 is 1.33 bits per heavy atom. The number of benzene rings is 1. The molecule has 3 nitrogen and oxygen atoms in total. The molecule has 4 heteroatoms. The normalized spacial score (nSPS) is 9.53. The van der Waals surface area contributed by atoms with Gasteiger partial charge in [-0.15, -0.1) is 11.3 Å². The third-order valence-electron chi connectivity index (χ3n) is 1.94. The Morgan fingerprint density at radius 3 is 2.73 bits per heavy atom. The van der Waals surface area contributed by atoms with Crippen LogP contribution in [0.5, 0.6) is 0 Å². The van der Waals surface area contributed by atoms with E-state index in [0.717, 1.165) is 17.2 Å². The number of hydrogen-bond donors (Lipinski definition) is 1. The lowest BCUT2D eigenvalue weighted by Gasteiger charge is -2.03. The quantitative estimate of drug-likeness (QED) is 0.856. The highest BCUT2D eigenvalue weighted by Gasteiger charge is 1.96. The van der Waals surface area contributed by atoms with E-state index in [0.29, 0.717) is 5.56 Å². The first kappa shape index (κ1) is 9.69. The van der Waals surface area contributed by atoms with Gasteiger partial charge in [-0.3, -0.25) is 0 Å². The van der Waals surface area contributed by atoms with Crippen molar-refractivity contribution in [2.24, 2.45) is 0 Å². The number of nitriles is 1. The summed E-state index contributed by atoms with van der Waals surface area (Å²) in [4.78, 5) is 4.17. The van der Waals surface area contributed by atoms with Crippen molar-refractivity contribution < 1.29 is 0 Å².